The number of piperidine rings is 1. The van der Waals surface area contributed by atoms with Gasteiger partial charge < -0.3 is 9.73 Å². The predicted octanol–water partition coefficient (Wildman–Crippen LogP) is 0.726. The fraction of sp³-hybridized carbons (Fsp3) is 0.750. The van der Waals surface area contributed by atoms with E-state index in [4.69, 9.17) is 4.42 Å². The highest BCUT2D eigenvalue weighted by atomic mass is 16.4. The normalized spacial score (nSPS) is 17.9. The van der Waals surface area contributed by atoms with Crippen LogP contribution in [-0.2, 0) is 11.3 Å². The molecule has 0 aromatic carbocycles. The number of rotatable bonds is 4. The van der Waals surface area contributed by atoms with Crippen molar-refractivity contribution in [3.8, 4) is 0 Å². The van der Waals surface area contributed by atoms with E-state index in [9.17, 15) is 4.79 Å². The molecule has 2 rings (SSSR count). The molecule has 1 aromatic heterocycles. The molecule has 6 nitrogen and oxygen atoms in total. The maximum Gasteiger partial charge on any atom is 0.230 e. The van der Waals surface area contributed by atoms with Gasteiger partial charge in [-0.3, -0.25) is 9.69 Å². The van der Waals surface area contributed by atoms with Crippen LogP contribution in [0.4, 0.5) is 0 Å². The Morgan fingerprint density at radius 3 is 2.72 bits per heavy atom. The smallest absolute Gasteiger partial charge is 0.230 e. The Labute approximate surface area is 107 Å². The number of likely N-dealkylation sites (tertiary alicyclic amines) is 1. The zero-order valence-corrected chi connectivity index (χ0v) is 11.0. The maximum atomic E-state index is 10.8. The van der Waals surface area contributed by atoms with E-state index >= 15 is 0 Å². The molecule has 2 heterocycles. The third-order valence-electron chi connectivity index (χ3n) is 3.27. The van der Waals surface area contributed by atoms with Crippen molar-refractivity contribution in [3.05, 3.63) is 11.8 Å². The van der Waals surface area contributed by atoms with Gasteiger partial charge in [0, 0.05) is 20.4 Å². The van der Waals surface area contributed by atoms with Gasteiger partial charge in [0.2, 0.25) is 17.7 Å². The number of hydrogen-bond acceptors (Lipinski definition) is 5. The van der Waals surface area contributed by atoms with Crippen molar-refractivity contribution in [1.29, 1.82) is 0 Å². The van der Waals surface area contributed by atoms with E-state index in [1.165, 1.54) is 0 Å². The molecular weight excluding hydrogens is 232 g/mol. The summed E-state index contributed by atoms with van der Waals surface area (Å²) >= 11 is 0. The van der Waals surface area contributed by atoms with Gasteiger partial charge in [-0.2, -0.15) is 0 Å². The van der Waals surface area contributed by atoms with Crippen molar-refractivity contribution in [2.75, 3.05) is 19.6 Å². The molecule has 0 aliphatic carbocycles. The summed E-state index contributed by atoms with van der Waals surface area (Å²) in [5.41, 5.74) is 0. The van der Waals surface area contributed by atoms with Crippen LogP contribution >= 0.6 is 0 Å². The molecule has 1 fully saturated rings. The SMILES string of the molecule is CC(=O)NCC1CCN(Cc2nnc(C)o2)CC1. The number of aryl methyl sites for hydroxylation is 1. The average Bonchev–Trinajstić information content (AvgIpc) is 2.74. The van der Waals surface area contributed by atoms with E-state index < -0.39 is 0 Å². The molecule has 18 heavy (non-hydrogen) atoms. The summed E-state index contributed by atoms with van der Waals surface area (Å²) in [6, 6.07) is 0. The molecule has 1 aromatic rings. The first kappa shape index (κ1) is 13.0. The van der Waals surface area contributed by atoms with Gasteiger partial charge in [0.1, 0.15) is 0 Å². The van der Waals surface area contributed by atoms with E-state index in [0.717, 1.165) is 39.0 Å². The molecule has 0 radical (unpaired) electrons. The second-order valence-electron chi connectivity index (χ2n) is 4.87. The molecule has 1 amide bonds. The monoisotopic (exact) mass is 252 g/mol. The van der Waals surface area contributed by atoms with E-state index in [2.05, 4.69) is 20.4 Å². The lowest BCUT2D eigenvalue weighted by atomic mass is 9.97. The van der Waals surface area contributed by atoms with Crippen LogP contribution < -0.4 is 5.32 Å². The molecular formula is C12H20N4O2. The zero-order chi connectivity index (χ0) is 13.0. The van der Waals surface area contributed by atoms with Crippen molar-refractivity contribution in [2.24, 2.45) is 5.92 Å². The number of aromatic nitrogens is 2. The summed E-state index contributed by atoms with van der Waals surface area (Å²) < 4.78 is 5.37. The highest BCUT2D eigenvalue weighted by Gasteiger charge is 2.20. The minimum absolute atomic E-state index is 0.0544. The quantitative estimate of drug-likeness (QED) is 0.855. The van der Waals surface area contributed by atoms with Crippen molar-refractivity contribution < 1.29 is 9.21 Å². The highest BCUT2D eigenvalue weighted by Crippen LogP contribution is 2.18. The number of carbonyl (C=O) groups is 1. The van der Waals surface area contributed by atoms with Crippen LogP contribution in [0, 0.1) is 12.8 Å². The van der Waals surface area contributed by atoms with Crippen LogP contribution in [0.25, 0.3) is 0 Å². The molecule has 1 N–H and O–H groups in total. The molecule has 100 valence electrons. The van der Waals surface area contributed by atoms with Crippen molar-refractivity contribution >= 4 is 5.91 Å². The van der Waals surface area contributed by atoms with Gasteiger partial charge in [0.05, 0.1) is 6.54 Å². The van der Waals surface area contributed by atoms with Crippen molar-refractivity contribution in [1.82, 2.24) is 20.4 Å². The summed E-state index contributed by atoms with van der Waals surface area (Å²) in [6.07, 6.45) is 2.21. The van der Waals surface area contributed by atoms with Crippen molar-refractivity contribution in [3.63, 3.8) is 0 Å². The van der Waals surface area contributed by atoms with Gasteiger partial charge in [-0.15, -0.1) is 10.2 Å². The average molecular weight is 252 g/mol. The van der Waals surface area contributed by atoms with E-state index in [1.807, 2.05) is 0 Å². The van der Waals surface area contributed by atoms with Crippen LogP contribution in [0.2, 0.25) is 0 Å². The Morgan fingerprint density at radius 1 is 1.44 bits per heavy atom. The van der Waals surface area contributed by atoms with Gasteiger partial charge in [0.25, 0.3) is 0 Å². The molecule has 6 heteroatoms. The zero-order valence-electron chi connectivity index (χ0n) is 11.0. The van der Waals surface area contributed by atoms with Crippen LogP contribution in [0.15, 0.2) is 4.42 Å². The van der Waals surface area contributed by atoms with Crippen LogP contribution in [0.5, 0.6) is 0 Å². The third-order valence-corrected chi connectivity index (χ3v) is 3.27. The predicted molar refractivity (Wildman–Crippen MR) is 65.7 cm³/mol. The second-order valence-corrected chi connectivity index (χ2v) is 4.87. The number of carbonyl (C=O) groups excluding carboxylic acids is 1. The summed E-state index contributed by atoms with van der Waals surface area (Å²) in [5, 5.41) is 10.7. The standard InChI is InChI=1S/C12H20N4O2/c1-9(17)13-7-11-3-5-16(6-4-11)8-12-15-14-10(2)18-12/h11H,3-8H2,1-2H3,(H,13,17). The summed E-state index contributed by atoms with van der Waals surface area (Å²) in [5.74, 6) is 1.95. The van der Waals surface area contributed by atoms with E-state index in [0.29, 0.717) is 17.7 Å². The maximum absolute atomic E-state index is 10.8. The fourth-order valence-corrected chi connectivity index (χ4v) is 2.23. The second kappa shape index (κ2) is 5.95. The first-order valence-corrected chi connectivity index (χ1v) is 6.39. The summed E-state index contributed by atoms with van der Waals surface area (Å²) in [7, 11) is 0. The Hall–Kier alpha value is -1.43. The fourth-order valence-electron chi connectivity index (χ4n) is 2.23. The molecule has 0 bridgehead atoms. The number of hydrogen-bond donors (Lipinski definition) is 1. The van der Waals surface area contributed by atoms with Gasteiger partial charge in [-0.25, -0.2) is 0 Å². The van der Waals surface area contributed by atoms with Crippen LogP contribution in [-0.4, -0.2) is 40.6 Å². The van der Waals surface area contributed by atoms with Crippen molar-refractivity contribution in [2.45, 2.75) is 33.2 Å². The van der Waals surface area contributed by atoms with Crippen LogP contribution in [0.3, 0.4) is 0 Å². The topological polar surface area (TPSA) is 71.3 Å². The number of nitrogens with one attached hydrogen (secondary N) is 1. The molecule has 0 spiro atoms. The van der Waals surface area contributed by atoms with Gasteiger partial charge >= 0.3 is 0 Å². The first-order chi connectivity index (χ1) is 8.63. The third kappa shape index (κ3) is 3.80. The van der Waals surface area contributed by atoms with Gasteiger partial charge in [-0.05, 0) is 31.8 Å². The van der Waals surface area contributed by atoms with Gasteiger partial charge in [0.15, 0.2) is 0 Å². The lowest BCUT2D eigenvalue weighted by molar-refractivity contribution is -0.119. The Kier molecular flexibility index (Phi) is 4.30. The summed E-state index contributed by atoms with van der Waals surface area (Å²) in [6.45, 7) is 6.93. The molecule has 1 aliphatic rings. The highest BCUT2D eigenvalue weighted by molar-refractivity contribution is 5.72. The van der Waals surface area contributed by atoms with Crippen LogP contribution in [0.1, 0.15) is 31.5 Å². The largest absolute Gasteiger partial charge is 0.424 e. The lowest BCUT2D eigenvalue weighted by Gasteiger charge is -2.30. The van der Waals surface area contributed by atoms with Gasteiger partial charge in [-0.1, -0.05) is 0 Å². The molecule has 0 unspecified atom stereocenters. The minimum Gasteiger partial charge on any atom is -0.424 e. The lowest BCUT2D eigenvalue weighted by Crippen LogP contribution is -2.37. The molecule has 1 aliphatic heterocycles. The first-order valence-electron chi connectivity index (χ1n) is 6.39. The number of amides is 1. The minimum atomic E-state index is 0.0544. The Bertz CT molecular complexity index is 397. The molecule has 0 saturated carbocycles. The number of nitrogens with zero attached hydrogens (tertiary/aromatic N) is 3. The Balaban J connectivity index is 1.71. The summed E-state index contributed by atoms with van der Waals surface area (Å²) in [4.78, 5) is 13.2. The molecule has 0 atom stereocenters. The molecule has 1 saturated heterocycles. The van der Waals surface area contributed by atoms with E-state index in [1.54, 1.807) is 13.8 Å². The van der Waals surface area contributed by atoms with E-state index in [-0.39, 0.29) is 5.91 Å². The Morgan fingerprint density at radius 2 is 2.17 bits per heavy atom.